The summed E-state index contributed by atoms with van der Waals surface area (Å²) in [7, 11) is 0. The van der Waals surface area contributed by atoms with E-state index in [1.807, 2.05) is 27.7 Å². The second-order valence-electron chi connectivity index (χ2n) is 3.40. The minimum Gasteiger partial charge on any atom is -0.330 e. The fourth-order valence-electron chi connectivity index (χ4n) is 1.25. The van der Waals surface area contributed by atoms with Crippen molar-refractivity contribution in [2.75, 3.05) is 6.54 Å². The molecule has 0 aromatic carbocycles. The summed E-state index contributed by atoms with van der Waals surface area (Å²) in [6.07, 6.45) is 4.86. The van der Waals surface area contributed by atoms with Crippen molar-refractivity contribution in [1.82, 2.24) is 0 Å². The predicted octanol–water partition coefficient (Wildman–Crippen LogP) is 3.15. The summed E-state index contributed by atoms with van der Waals surface area (Å²) in [5.41, 5.74) is 5.36. The lowest BCUT2D eigenvalue weighted by atomic mass is 9.97. The van der Waals surface area contributed by atoms with Gasteiger partial charge in [0.1, 0.15) is 5.78 Å². The Labute approximate surface area is 89.3 Å². The van der Waals surface area contributed by atoms with Gasteiger partial charge in [0.05, 0.1) is 0 Å². The van der Waals surface area contributed by atoms with Gasteiger partial charge in [-0.2, -0.15) is 0 Å². The van der Waals surface area contributed by atoms with Crippen LogP contribution in [0.25, 0.3) is 0 Å². The first-order valence-electron chi connectivity index (χ1n) is 5.95. The first-order chi connectivity index (χ1) is 6.72. The van der Waals surface area contributed by atoms with Crippen molar-refractivity contribution in [1.29, 1.82) is 0 Å². The second kappa shape index (κ2) is 12.6. The fourth-order valence-corrected chi connectivity index (χ4v) is 1.25. The van der Waals surface area contributed by atoms with Crippen LogP contribution in [0.3, 0.4) is 0 Å². The molecule has 86 valence electrons. The van der Waals surface area contributed by atoms with E-state index in [0.29, 0.717) is 5.78 Å². The molecule has 0 radical (unpaired) electrons. The van der Waals surface area contributed by atoms with Gasteiger partial charge in [-0.25, -0.2) is 0 Å². The second-order valence-corrected chi connectivity index (χ2v) is 3.40. The smallest absolute Gasteiger partial charge is 0.135 e. The summed E-state index contributed by atoms with van der Waals surface area (Å²) >= 11 is 0. The number of Topliss-reactive ketones (excluding diaryl/α,β-unsaturated/α-hetero) is 1. The molecule has 0 aromatic rings. The van der Waals surface area contributed by atoms with Crippen LogP contribution in [0.4, 0.5) is 0 Å². The minimum absolute atomic E-state index is 0.247. The summed E-state index contributed by atoms with van der Waals surface area (Å²) in [6.45, 7) is 8.81. The molecule has 14 heavy (non-hydrogen) atoms. The number of nitrogens with two attached hydrogens (primary N) is 1. The van der Waals surface area contributed by atoms with E-state index in [9.17, 15) is 4.79 Å². The van der Waals surface area contributed by atoms with Gasteiger partial charge >= 0.3 is 0 Å². The van der Waals surface area contributed by atoms with Crippen molar-refractivity contribution in [3.05, 3.63) is 0 Å². The fraction of sp³-hybridized carbons (Fsp3) is 0.917. The molecule has 2 N–H and O–H groups in total. The maximum absolute atomic E-state index is 11.3. The van der Waals surface area contributed by atoms with Crippen molar-refractivity contribution in [2.45, 2.75) is 59.8 Å². The van der Waals surface area contributed by atoms with Crippen LogP contribution >= 0.6 is 0 Å². The van der Waals surface area contributed by atoms with E-state index in [4.69, 9.17) is 5.73 Å². The van der Waals surface area contributed by atoms with Gasteiger partial charge in [-0.1, -0.05) is 34.1 Å². The Morgan fingerprint density at radius 1 is 1.29 bits per heavy atom. The molecule has 0 fully saturated rings. The van der Waals surface area contributed by atoms with E-state index < -0.39 is 0 Å². The largest absolute Gasteiger partial charge is 0.330 e. The average molecular weight is 201 g/mol. The molecule has 1 atom stereocenters. The van der Waals surface area contributed by atoms with Crippen LogP contribution in [0.15, 0.2) is 0 Å². The summed E-state index contributed by atoms with van der Waals surface area (Å²) in [4.78, 5) is 11.3. The molecular formula is C12H27NO. The van der Waals surface area contributed by atoms with E-state index in [-0.39, 0.29) is 5.92 Å². The summed E-state index contributed by atoms with van der Waals surface area (Å²) in [6, 6.07) is 0. The maximum Gasteiger partial charge on any atom is 0.135 e. The molecule has 0 heterocycles. The standard InChI is InChI=1S/C10H21NO.C2H6/c1-3-6-10(12)9(2)7-4-5-8-11;1-2/h9H,3-8,11H2,1-2H3;1-2H3/t9-;/m0./s1. The highest BCUT2D eigenvalue weighted by Crippen LogP contribution is 2.11. The van der Waals surface area contributed by atoms with Gasteiger partial charge in [0.15, 0.2) is 0 Å². The van der Waals surface area contributed by atoms with E-state index in [2.05, 4.69) is 0 Å². The monoisotopic (exact) mass is 201 g/mol. The summed E-state index contributed by atoms with van der Waals surface area (Å²) < 4.78 is 0. The van der Waals surface area contributed by atoms with Gasteiger partial charge in [0.2, 0.25) is 0 Å². The third-order valence-electron chi connectivity index (χ3n) is 2.14. The Balaban J connectivity index is 0. The van der Waals surface area contributed by atoms with Crippen LogP contribution in [-0.4, -0.2) is 12.3 Å². The molecule has 0 rings (SSSR count). The number of carbonyl (C=O) groups excluding carboxylic acids is 1. The molecule has 2 heteroatoms. The van der Waals surface area contributed by atoms with Gasteiger partial charge in [0, 0.05) is 12.3 Å². The minimum atomic E-state index is 0.247. The molecule has 0 aliphatic carbocycles. The van der Waals surface area contributed by atoms with Crippen molar-refractivity contribution in [3.63, 3.8) is 0 Å². The highest BCUT2D eigenvalue weighted by molar-refractivity contribution is 5.80. The van der Waals surface area contributed by atoms with Crippen molar-refractivity contribution < 1.29 is 4.79 Å². The highest BCUT2D eigenvalue weighted by Gasteiger charge is 2.10. The number of carbonyl (C=O) groups is 1. The quantitative estimate of drug-likeness (QED) is 0.643. The van der Waals surface area contributed by atoms with Crippen molar-refractivity contribution in [2.24, 2.45) is 11.7 Å². The van der Waals surface area contributed by atoms with Gasteiger partial charge in [0.25, 0.3) is 0 Å². The topological polar surface area (TPSA) is 43.1 Å². The SMILES string of the molecule is CC.CCCC(=O)[C@@H](C)CCCCN. The lowest BCUT2D eigenvalue weighted by Gasteiger charge is -2.08. The third-order valence-corrected chi connectivity index (χ3v) is 2.14. The van der Waals surface area contributed by atoms with Crippen LogP contribution in [0.5, 0.6) is 0 Å². The normalized spacial score (nSPS) is 11.5. The van der Waals surface area contributed by atoms with Crippen LogP contribution < -0.4 is 5.73 Å². The number of hydrogen-bond donors (Lipinski definition) is 1. The zero-order valence-corrected chi connectivity index (χ0v) is 10.3. The van der Waals surface area contributed by atoms with E-state index in [1.54, 1.807) is 0 Å². The van der Waals surface area contributed by atoms with Gasteiger partial charge < -0.3 is 5.73 Å². The zero-order valence-electron chi connectivity index (χ0n) is 10.3. The molecule has 0 spiro atoms. The number of hydrogen-bond acceptors (Lipinski definition) is 2. The van der Waals surface area contributed by atoms with E-state index >= 15 is 0 Å². The van der Waals surface area contributed by atoms with Crippen molar-refractivity contribution in [3.8, 4) is 0 Å². The van der Waals surface area contributed by atoms with E-state index in [1.165, 1.54) is 0 Å². The number of rotatable bonds is 7. The first-order valence-corrected chi connectivity index (χ1v) is 5.95. The summed E-state index contributed by atoms with van der Waals surface area (Å²) in [5, 5.41) is 0. The van der Waals surface area contributed by atoms with Gasteiger partial charge in [-0.05, 0) is 25.8 Å². The molecule has 0 saturated heterocycles. The zero-order chi connectivity index (χ0) is 11.4. The molecule has 0 aromatic heterocycles. The molecule has 0 amide bonds. The Bertz CT molecular complexity index is 123. The van der Waals surface area contributed by atoms with Crippen LogP contribution in [0.1, 0.15) is 59.8 Å². The van der Waals surface area contributed by atoms with Gasteiger partial charge in [-0.15, -0.1) is 0 Å². The van der Waals surface area contributed by atoms with Crippen LogP contribution in [-0.2, 0) is 4.79 Å². The molecule has 2 nitrogen and oxygen atoms in total. The van der Waals surface area contributed by atoms with Crippen LogP contribution in [0, 0.1) is 5.92 Å². The molecule has 0 bridgehead atoms. The lowest BCUT2D eigenvalue weighted by molar-refractivity contribution is -0.122. The Kier molecular flexibility index (Phi) is 14.5. The Hall–Kier alpha value is -0.370. The van der Waals surface area contributed by atoms with Crippen LogP contribution in [0.2, 0.25) is 0 Å². The van der Waals surface area contributed by atoms with E-state index in [0.717, 1.165) is 38.6 Å². The lowest BCUT2D eigenvalue weighted by Crippen LogP contribution is -2.10. The average Bonchev–Trinajstić information content (AvgIpc) is 2.21. The Morgan fingerprint density at radius 3 is 2.29 bits per heavy atom. The summed E-state index contributed by atoms with van der Waals surface area (Å²) in [5.74, 6) is 0.658. The highest BCUT2D eigenvalue weighted by atomic mass is 16.1. The van der Waals surface area contributed by atoms with Gasteiger partial charge in [-0.3, -0.25) is 4.79 Å². The molecule has 0 saturated carbocycles. The third kappa shape index (κ3) is 9.72. The Morgan fingerprint density at radius 2 is 1.86 bits per heavy atom. The predicted molar refractivity (Wildman–Crippen MR) is 63.3 cm³/mol. The first kappa shape index (κ1) is 16.1. The molecule has 0 unspecified atom stereocenters. The molecule has 0 aliphatic heterocycles. The number of ketones is 1. The van der Waals surface area contributed by atoms with Crippen molar-refractivity contribution >= 4 is 5.78 Å². The maximum atomic E-state index is 11.3. The number of unbranched alkanes of at least 4 members (excludes halogenated alkanes) is 1. The molecule has 0 aliphatic rings. The molecular weight excluding hydrogens is 174 g/mol.